The topological polar surface area (TPSA) is 59.7 Å². The maximum Gasteiger partial charge on any atom is 0.162 e. The second kappa shape index (κ2) is 8.75. The second-order valence-electron chi connectivity index (χ2n) is 7.63. The van der Waals surface area contributed by atoms with Crippen LogP contribution in [0.25, 0.3) is 11.4 Å². The Morgan fingerprint density at radius 3 is 2.68 bits per heavy atom. The summed E-state index contributed by atoms with van der Waals surface area (Å²) in [7, 11) is 0. The van der Waals surface area contributed by atoms with Crippen LogP contribution in [-0.2, 0) is 26.1 Å². The molecule has 0 spiro atoms. The highest BCUT2D eigenvalue weighted by Crippen LogP contribution is 2.24. The molecule has 0 unspecified atom stereocenters. The van der Waals surface area contributed by atoms with Gasteiger partial charge in [0.15, 0.2) is 5.82 Å². The summed E-state index contributed by atoms with van der Waals surface area (Å²) >= 11 is 12.2. The van der Waals surface area contributed by atoms with E-state index in [1.807, 2.05) is 24.4 Å². The molecule has 0 fully saturated rings. The normalized spacial score (nSPS) is 13.9. The molecule has 4 aromatic rings. The molecule has 8 heteroatoms. The quantitative estimate of drug-likeness (QED) is 0.442. The van der Waals surface area contributed by atoms with Crippen molar-refractivity contribution in [1.82, 2.24) is 29.4 Å². The number of nitrogens with zero attached hydrogens (tertiary/aromatic N) is 6. The van der Waals surface area contributed by atoms with Crippen molar-refractivity contribution in [2.24, 2.45) is 0 Å². The van der Waals surface area contributed by atoms with E-state index in [4.69, 9.17) is 28.2 Å². The van der Waals surface area contributed by atoms with E-state index >= 15 is 0 Å². The molecule has 3 aromatic heterocycles. The van der Waals surface area contributed by atoms with Crippen LogP contribution in [-0.4, -0.2) is 35.9 Å². The number of rotatable bonds is 5. The first-order chi connectivity index (χ1) is 15.2. The summed E-state index contributed by atoms with van der Waals surface area (Å²) in [6.45, 7) is 3.41. The van der Waals surface area contributed by atoms with Crippen LogP contribution in [0.4, 0.5) is 0 Å². The van der Waals surface area contributed by atoms with Crippen LogP contribution in [0.2, 0.25) is 10.0 Å². The molecular formula is C23H20Cl2N6. The zero-order valence-electron chi connectivity index (χ0n) is 16.7. The predicted molar refractivity (Wildman–Crippen MR) is 121 cm³/mol. The smallest absolute Gasteiger partial charge is 0.162 e. The zero-order valence-corrected chi connectivity index (χ0v) is 18.3. The van der Waals surface area contributed by atoms with Crippen molar-refractivity contribution < 1.29 is 0 Å². The van der Waals surface area contributed by atoms with Gasteiger partial charge in [-0.25, -0.2) is 19.9 Å². The van der Waals surface area contributed by atoms with Gasteiger partial charge >= 0.3 is 0 Å². The Labute approximate surface area is 190 Å². The molecule has 5 rings (SSSR count). The van der Waals surface area contributed by atoms with Gasteiger partial charge in [-0.05, 0) is 29.8 Å². The molecule has 0 N–H and O–H groups in total. The van der Waals surface area contributed by atoms with Crippen LogP contribution in [0.15, 0.2) is 61.4 Å². The first-order valence-electron chi connectivity index (χ1n) is 10.1. The lowest BCUT2D eigenvalue weighted by molar-refractivity contribution is 0.237. The molecular weight excluding hydrogens is 431 g/mol. The molecule has 31 heavy (non-hydrogen) atoms. The Morgan fingerprint density at radius 2 is 1.84 bits per heavy atom. The minimum Gasteiger partial charge on any atom is -0.346 e. The number of benzene rings is 1. The fourth-order valence-corrected chi connectivity index (χ4v) is 4.19. The Morgan fingerprint density at radius 1 is 0.968 bits per heavy atom. The third-order valence-corrected chi connectivity index (χ3v) is 6.22. The average Bonchev–Trinajstić information content (AvgIpc) is 3.23. The lowest BCUT2D eigenvalue weighted by Gasteiger charge is -2.28. The van der Waals surface area contributed by atoms with Gasteiger partial charge in [0.25, 0.3) is 0 Å². The van der Waals surface area contributed by atoms with Crippen molar-refractivity contribution >= 4 is 23.2 Å². The second-order valence-corrected chi connectivity index (χ2v) is 8.44. The van der Waals surface area contributed by atoms with E-state index in [1.54, 1.807) is 12.4 Å². The monoisotopic (exact) mass is 450 g/mol. The van der Waals surface area contributed by atoms with E-state index in [-0.39, 0.29) is 0 Å². The summed E-state index contributed by atoms with van der Waals surface area (Å²) in [4.78, 5) is 19.8. The predicted octanol–water partition coefficient (Wildman–Crippen LogP) is 4.65. The summed E-state index contributed by atoms with van der Waals surface area (Å²) in [5, 5.41) is 1.16. The highest BCUT2D eigenvalue weighted by molar-refractivity contribution is 6.42. The van der Waals surface area contributed by atoms with E-state index in [0.717, 1.165) is 49.4 Å². The van der Waals surface area contributed by atoms with Crippen LogP contribution in [0, 0.1) is 0 Å². The fraction of sp³-hybridized carbons (Fsp3) is 0.217. The van der Waals surface area contributed by atoms with Crippen LogP contribution in [0.3, 0.4) is 0 Å². The summed E-state index contributed by atoms with van der Waals surface area (Å²) in [5.74, 6) is 0.684. The van der Waals surface area contributed by atoms with Crippen molar-refractivity contribution in [2.75, 3.05) is 6.54 Å². The van der Waals surface area contributed by atoms with E-state index < -0.39 is 0 Å². The summed E-state index contributed by atoms with van der Waals surface area (Å²) in [6, 6.07) is 10.0. The largest absolute Gasteiger partial charge is 0.346 e. The number of fused-ring (bicyclic) bond motifs is 1. The molecule has 0 saturated carbocycles. The van der Waals surface area contributed by atoms with E-state index in [1.165, 1.54) is 17.6 Å². The first-order valence-corrected chi connectivity index (χ1v) is 10.8. The van der Waals surface area contributed by atoms with Crippen LogP contribution in [0.1, 0.15) is 22.5 Å². The van der Waals surface area contributed by atoms with E-state index in [0.29, 0.717) is 15.9 Å². The van der Waals surface area contributed by atoms with Crippen LogP contribution in [0.5, 0.6) is 0 Å². The summed E-state index contributed by atoms with van der Waals surface area (Å²) in [5.41, 5.74) is 5.51. The number of hydrogen-bond donors (Lipinski definition) is 0. The molecule has 0 bridgehead atoms. The van der Waals surface area contributed by atoms with Gasteiger partial charge < -0.3 is 4.57 Å². The third-order valence-electron chi connectivity index (χ3n) is 5.48. The Kier molecular flexibility index (Phi) is 5.68. The number of hydrogen-bond acceptors (Lipinski definition) is 5. The minimum atomic E-state index is 0.579. The molecule has 0 amide bonds. The highest BCUT2D eigenvalue weighted by atomic mass is 35.5. The van der Waals surface area contributed by atoms with Crippen molar-refractivity contribution in [3.63, 3.8) is 0 Å². The molecule has 0 aliphatic carbocycles. The Hall–Kier alpha value is -2.80. The van der Waals surface area contributed by atoms with Gasteiger partial charge in [-0.3, -0.25) is 4.90 Å². The minimum absolute atomic E-state index is 0.579. The van der Waals surface area contributed by atoms with E-state index in [2.05, 4.69) is 42.7 Å². The van der Waals surface area contributed by atoms with E-state index in [9.17, 15) is 0 Å². The maximum absolute atomic E-state index is 6.18. The SMILES string of the molecule is Clc1ccc(Cn2cccc2CN2CCc3nc(-c4cncnc4)ncc3C2)cc1Cl. The van der Waals surface area contributed by atoms with Gasteiger partial charge in [0.05, 0.1) is 21.3 Å². The van der Waals surface area contributed by atoms with Crippen LogP contribution >= 0.6 is 23.2 Å². The molecule has 1 aliphatic heterocycles. The third kappa shape index (κ3) is 4.46. The van der Waals surface area contributed by atoms with Crippen LogP contribution < -0.4 is 0 Å². The molecule has 1 aromatic carbocycles. The van der Waals surface area contributed by atoms with Gasteiger partial charge in [0, 0.05) is 68.6 Å². The van der Waals surface area contributed by atoms with Crippen molar-refractivity contribution in [2.45, 2.75) is 26.1 Å². The molecule has 6 nitrogen and oxygen atoms in total. The number of halogens is 2. The highest BCUT2D eigenvalue weighted by Gasteiger charge is 2.20. The Balaban J connectivity index is 1.29. The lowest BCUT2D eigenvalue weighted by Crippen LogP contribution is -2.31. The standard InChI is InChI=1S/C23H20Cl2N6/c24-20-4-3-16(8-21(20)25)12-31-6-1-2-19(31)14-30-7-5-22-18(13-30)11-28-23(29-22)17-9-26-15-27-10-17/h1-4,6,8-11,15H,5,7,12-14H2. The first kappa shape index (κ1) is 20.1. The average molecular weight is 451 g/mol. The molecule has 4 heterocycles. The fourth-order valence-electron chi connectivity index (χ4n) is 3.87. The molecule has 0 radical (unpaired) electrons. The van der Waals surface area contributed by atoms with Gasteiger partial charge in [0.1, 0.15) is 6.33 Å². The van der Waals surface area contributed by atoms with Gasteiger partial charge in [-0.1, -0.05) is 29.3 Å². The lowest BCUT2D eigenvalue weighted by atomic mass is 10.1. The summed E-state index contributed by atoms with van der Waals surface area (Å²) in [6.07, 6.45) is 9.93. The van der Waals surface area contributed by atoms with Gasteiger partial charge in [-0.2, -0.15) is 0 Å². The maximum atomic E-state index is 6.18. The van der Waals surface area contributed by atoms with Gasteiger partial charge in [-0.15, -0.1) is 0 Å². The molecule has 0 atom stereocenters. The molecule has 1 aliphatic rings. The van der Waals surface area contributed by atoms with Gasteiger partial charge in [0.2, 0.25) is 0 Å². The summed E-state index contributed by atoms with van der Waals surface area (Å²) < 4.78 is 2.25. The Bertz CT molecular complexity index is 1210. The van der Waals surface area contributed by atoms with Crippen molar-refractivity contribution in [3.8, 4) is 11.4 Å². The molecule has 0 saturated heterocycles. The van der Waals surface area contributed by atoms with Crippen molar-refractivity contribution in [3.05, 3.63) is 94.0 Å². The zero-order chi connectivity index (χ0) is 21.2. The number of aromatic nitrogens is 5. The van der Waals surface area contributed by atoms with Crippen molar-refractivity contribution in [1.29, 1.82) is 0 Å². The molecule has 156 valence electrons.